The normalized spacial score (nSPS) is 20.7. The lowest BCUT2D eigenvalue weighted by Crippen LogP contribution is -2.39. The molecule has 3 rings (SSSR count). The molecule has 0 bridgehead atoms. The molecule has 3 N–H and O–H groups in total. The minimum Gasteiger partial charge on any atom is -0.378 e. The van der Waals surface area contributed by atoms with Gasteiger partial charge in [0.05, 0.1) is 13.2 Å². The molecule has 0 amide bonds. The third-order valence-electron chi connectivity index (χ3n) is 4.10. The lowest BCUT2D eigenvalue weighted by atomic mass is 10.00. The van der Waals surface area contributed by atoms with Crippen LogP contribution >= 0.6 is 0 Å². The first-order valence-electron chi connectivity index (χ1n) is 7.56. The van der Waals surface area contributed by atoms with Gasteiger partial charge < -0.3 is 14.5 Å². The number of nitrogens with one attached hydrogen (secondary N) is 1. The van der Waals surface area contributed by atoms with E-state index in [4.69, 9.17) is 10.6 Å². The summed E-state index contributed by atoms with van der Waals surface area (Å²) in [5.41, 5.74) is 2.55. The monoisotopic (exact) mass is 293 g/mol. The van der Waals surface area contributed by atoms with Crippen molar-refractivity contribution in [3.05, 3.63) is 0 Å². The van der Waals surface area contributed by atoms with Crippen LogP contribution in [0.2, 0.25) is 0 Å². The number of nitrogens with zero attached hydrogens (tertiary/aromatic N) is 5. The predicted octanol–water partition coefficient (Wildman–Crippen LogP) is 0.230. The molecule has 2 aliphatic rings. The summed E-state index contributed by atoms with van der Waals surface area (Å²) in [6.07, 6.45) is 2.34. The van der Waals surface area contributed by atoms with Crippen molar-refractivity contribution in [2.24, 2.45) is 11.8 Å². The number of nitrogens with two attached hydrogens (primary N) is 1. The predicted molar refractivity (Wildman–Crippen MR) is 81.3 cm³/mol. The van der Waals surface area contributed by atoms with E-state index in [1.807, 2.05) is 0 Å². The number of piperidine rings is 1. The third-order valence-corrected chi connectivity index (χ3v) is 4.10. The van der Waals surface area contributed by atoms with Crippen LogP contribution in [0.3, 0.4) is 0 Å². The Morgan fingerprint density at radius 3 is 2.14 bits per heavy atom. The van der Waals surface area contributed by atoms with Crippen molar-refractivity contribution in [2.75, 3.05) is 54.6 Å². The van der Waals surface area contributed by atoms with Crippen LogP contribution in [0.4, 0.5) is 17.8 Å². The minimum absolute atomic E-state index is 0.417. The molecule has 1 aromatic heterocycles. The molecule has 8 nitrogen and oxygen atoms in total. The largest absolute Gasteiger partial charge is 0.378 e. The van der Waals surface area contributed by atoms with Crippen molar-refractivity contribution in [3.63, 3.8) is 0 Å². The van der Waals surface area contributed by atoms with E-state index >= 15 is 0 Å². The minimum atomic E-state index is 0.417. The van der Waals surface area contributed by atoms with Gasteiger partial charge in [-0.25, -0.2) is 5.84 Å². The Bertz CT molecular complexity index is 470. The molecule has 0 aliphatic carbocycles. The lowest BCUT2D eigenvalue weighted by molar-refractivity contribution is 0.122. The van der Waals surface area contributed by atoms with Crippen LogP contribution in [0, 0.1) is 5.92 Å². The van der Waals surface area contributed by atoms with Crippen molar-refractivity contribution < 1.29 is 4.74 Å². The number of morpholine rings is 1. The topological polar surface area (TPSA) is 92.4 Å². The van der Waals surface area contributed by atoms with Crippen molar-refractivity contribution in [1.29, 1.82) is 0 Å². The van der Waals surface area contributed by atoms with Gasteiger partial charge in [-0.15, -0.1) is 0 Å². The van der Waals surface area contributed by atoms with Crippen molar-refractivity contribution >= 4 is 17.8 Å². The average molecular weight is 293 g/mol. The van der Waals surface area contributed by atoms with E-state index in [0.29, 0.717) is 31.1 Å². The van der Waals surface area contributed by atoms with Gasteiger partial charge in [0.1, 0.15) is 0 Å². The number of hydrazine groups is 1. The van der Waals surface area contributed by atoms with E-state index in [0.717, 1.165) is 32.1 Å². The van der Waals surface area contributed by atoms with Gasteiger partial charge in [-0.1, -0.05) is 6.92 Å². The second kappa shape index (κ2) is 6.40. The second-order valence-corrected chi connectivity index (χ2v) is 5.67. The quantitative estimate of drug-likeness (QED) is 0.604. The standard InChI is InChI=1S/C13H23N7O/c1-10-2-4-19(5-3-10)12-15-11(18-14)16-13(17-12)20-6-8-21-9-7-20/h10H,2-9,14H2,1H3,(H,15,16,17,18). The zero-order valence-electron chi connectivity index (χ0n) is 12.5. The summed E-state index contributed by atoms with van der Waals surface area (Å²) in [5, 5.41) is 0. The van der Waals surface area contributed by atoms with Gasteiger partial charge >= 0.3 is 0 Å². The fourth-order valence-electron chi connectivity index (χ4n) is 2.67. The molecule has 3 heterocycles. The lowest BCUT2D eigenvalue weighted by Gasteiger charge is -2.32. The van der Waals surface area contributed by atoms with Gasteiger partial charge in [-0.3, -0.25) is 5.43 Å². The van der Waals surface area contributed by atoms with E-state index in [1.54, 1.807) is 0 Å². The number of hydrogen-bond donors (Lipinski definition) is 2. The van der Waals surface area contributed by atoms with Crippen LogP contribution in [-0.2, 0) is 4.74 Å². The van der Waals surface area contributed by atoms with Gasteiger partial charge in [0.2, 0.25) is 17.8 Å². The molecule has 0 spiro atoms. The molecule has 0 aromatic carbocycles. The molecule has 21 heavy (non-hydrogen) atoms. The zero-order valence-corrected chi connectivity index (χ0v) is 12.5. The summed E-state index contributed by atoms with van der Waals surface area (Å²) in [5.74, 6) is 8.08. The number of nitrogen functional groups attached to an aromatic ring is 1. The number of ether oxygens (including phenoxy) is 1. The molecule has 0 saturated carbocycles. The van der Waals surface area contributed by atoms with E-state index in [-0.39, 0.29) is 0 Å². The molecule has 0 unspecified atom stereocenters. The van der Waals surface area contributed by atoms with Gasteiger partial charge in [-0.2, -0.15) is 15.0 Å². The summed E-state index contributed by atoms with van der Waals surface area (Å²) in [7, 11) is 0. The molecule has 2 saturated heterocycles. The van der Waals surface area contributed by atoms with Gasteiger partial charge in [0, 0.05) is 26.2 Å². The van der Waals surface area contributed by atoms with Gasteiger partial charge in [-0.05, 0) is 18.8 Å². The summed E-state index contributed by atoms with van der Waals surface area (Å²) in [6, 6.07) is 0. The summed E-state index contributed by atoms with van der Waals surface area (Å²) in [6.45, 7) is 7.25. The van der Waals surface area contributed by atoms with Crippen molar-refractivity contribution in [3.8, 4) is 0 Å². The van der Waals surface area contributed by atoms with Gasteiger partial charge in [0.15, 0.2) is 0 Å². The fourth-order valence-corrected chi connectivity index (χ4v) is 2.67. The van der Waals surface area contributed by atoms with E-state index in [2.05, 4.69) is 37.1 Å². The van der Waals surface area contributed by atoms with Crippen LogP contribution in [0.5, 0.6) is 0 Å². The van der Waals surface area contributed by atoms with Crippen LogP contribution in [0.15, 0.2) is 0 Å². The molecule has 0 radical (unpaired) electrons. The number of hydrogen-bond acceptors (Lipinski definition) is 8. The first-order chi connectivity index (χ1) is 10.3. The van der Waals surface area contributed by atoms with Crippen molar-refractivity contribution in [1.82, 2.24) is 15.0 Å². The molecule has 2 fully saturated rings. The molecular formula is C13H23N7O. The van der Waals surface area contributed by atoms with Crippen LogP contribution < -0.4 is 21.1 Å². The van der Waals surface area contributed by atoms with Gasteiger partial charge in [0.25, 0.3) is 0 Å². The Labute approximate surface area is 124 Å². The Kier molecular flexibility index (Phi) is 4.35. The summed E-state index contributed by atoms with van der Waals surface area (Å²) < 4.78 is 5.37. The van der Waals surface area contributed by atoms with Crippen LogP contribution in [-0.4, -0.2) is 54.3 Å². The van der Waals surface area contributed by atoms with E-state index in [1.165, 1.54) is 12.8 Å². The highest BCUT2D eigenvalue weighted by Gasteiger charge is 2.22. The fraction of sp³-hybridized carbons (Fsp3) is 0.769. The first-order valence-corrected chi connectivity index (χ1v) is 7.56. The average Bonchev–Trinajstić information content (AvgIpc) is 2.56. The molecule has 1 aromatic rings. The molecule has 116 valence electrons. The highest BCUT2D eigenvalue weighted by molar-refractivity contribution is 5.45. The molecule has 2 aliphatic heterocycles. The smallest absolute Gasteiger partial charge is 0.243 e. The maximum Gasteiger partial charge on any atom is 0.243 e. The van der Waals surface area contributed by atoms with E-state index < -0.39 is 0 Å². The Hall–Kier alpha value is -1.67. The SMILES string of the molecule is CC1CCN(c2nc(NN)nc(N3CCOCC3)n2)CC1. The zero-order chi connectivity index (χ0) is 14.7. The Morgan fingerprint density at radius 1 is 1.00 bits per heavy atom. The third kappa shape index (κ3) is 3.33. The highest BCUT2D eigenvalue weighted by Crippen LogP contribution is 2.22. The van der Waals surface area contributed by atoms with Crippen LogP contribution in [0.25, 0.3) is 0 Å². The highest BCUT2D eigenvalue weighted by atomic mass is 16.5. The summed E-state index contributed by atoms with van der Waals surface area (Å²) in [4.78, 5) is 17.7. The molecule has 0 atom stereocenters. The van der Waals surface area contributed by atoms with Crippen molar-refractivity contribution in [2.45, 2.75) is 19.8 Å². The molecular weight excluding hydrogens is 270 g/mol. The Morgan fingerprint density at radius 2 is 1.57 bits per heavy atom. The first kappa shape index (κ1) is 14.3. The van der Waals surface area contributed by atoms with E-state index in [9.17, 15) is 0 Å². The molecule has 8 heteroatoms. The maximum atomic E-state index is 5.50. The summed E-state index contributed by atoms with van der Waals surface area (Å²) >= 11 is 0. The number of rotatable bonds is 3. The van der Waals surface area contributed by atoms with Crippen LogP contribution in [0.1, 0.15) is 19.8 Å². The maximum absolute atomic E-state index is 5.50. The second-order valence-electron chi connectivity index (χ2n) is 5.67. The number of anilines is 3. The Balaban J connectivity index is 1.82. The number of aromatic nitrogens is 3.